The zero-order valence-corrected chi connectivity index (χ0v) is 8.39. The molecular formula is C9H10F3N3. The van der Waals surface area contributed by atoms with Crippen LogP contribution in [-0.2, 0) is 19.1 Å². The molecule has 15 heavy (non-hydrogen) atoms. The van der Waals surface area contributed by atoms with E-state index in [2.05, 4.69) is 5.10 Å². The topological polar surface area (TPSA) is 41.6 Å². The molecule has 0 aliphatic heterocycles. The molecule has 0 saturated heterocycles. The number of rotatable bonds is 2. The first-order valence-corrected chi connectivity index (χ1v) is 4.42. The predicted molar refractivity (Wildman–Crippen MR) is 47.0 cm³/mol. The quantitative estimate of drug-likeness (QED) is 0.762. The zero-order chi connectivity index (χ0) is 11.6. The lowest BCUT2D eigenvalue weighted by Gasteiger charge is -2.04. The fraction of sp³-hybridized carbons (Fsp3) is 0.556. The third kappa shape index (κ3) is 2.12. The molecule has 0 atom stereocenters. The van der Waals surface area contributed by atoms with E-state index in [1.54, 1.807) is 19.9 Å². The molecular weight excluding hydrogens is 207 g/mol. The van der Waals surface area contributed by atoms with Crippen molar-refractivity contribution in [1.82, 2.24) is 9.78 Å². The van der Waals surface area contributed by atoms with Gasteiger partial charge in [-0.05, 0) is 13.3 Å². The van der Waals surface area contributed by atoms with Gasteiger partial charge in [-0.1, -0.05) is 6.92 Å². The highest BCUT2D eigenvalue weighted by molar-refractivity contribution is 5.27. The van der Waals surface area contributed by atoms with E-state index in [1.165, 1.54) is 0 Å². The normalized spacial score (nSPS) is 11.5. The number of halogens is 3. The molecule has 1 heterocycles. The van der Waals surface area contributed by atoms with E-state index in [4.69, 9.17) is 5.26 Å². The Hall–Kier alpha value is -1.51. The van der Waals surface area contributed by atoms with Gasteiger partial charge in [-0.15, -0.1) is 0 Å². The van der Waals surface area contributed by atoms with Gasteiger partial charge in [-0.3, -0.25) is 4.68 Å². The van der Waals surface area contributed by atoms with Crippen LogP contribution in [0.4, 0.5) is 13.2 Å². The third-order valence-corrected chi connectivity index (χ3v) is 2.17. The molecule has 0 aliphatic rings. The average Bonchev–Trinajstić information content (AvgIpc) is 2.44. The van der Waals surface area contributed by atoms with Crippen molar-refractivity contribution in [2.24, 2.45) is 0 Å². The van der Waals surface area contributed by atoms with Crippen molar-refractivity contribution in [2.45, 2.75) is 33.0 Å². The highest BCUT2D eigenvalue weighted by atomic mass is 19.4. The molecule has 0 amide bonds. The maximum atomic E-state index is 12.5. The Labute approximate surface area is 85.1 Å². The van der Waals surface area contributed by atoms with Crippen molar-refractivity contribution in [2.75, 3.05) is 0 Å². The van der Waals surface area contributed by atoms with Crippen molar-refractivity contribution >= 4 is 0 Å². The highest BCUT2D eigenvalue weighted by Gasteiger charge is 2.37. The third-order valence-electron chi connectivity index (χ3n) is 2.17. The van der Waals surface area contributed by atoms with Crippen LogP contribution in [0.2, 0.25) is 0 Å². The van der Waals surface area contributed by atoms with Crippen LogP contribution in [0.5, 0.6) is 0 Å². The highest BCUT2D eigenvalue weighted by Crippen LogP contribution is 2.32. The molecule has 0 radical (unpaired) electrons. The monoisotopic (exact) mass is 217 g/mol. The molecule has 0 fully saturated rings. The number of alkyl halides is 3. The van der Waals surface area contributed by atoms with Gasteiger partial charge < -0.3 is 0 Å². The summed E-state index contributed by atoms with van der Waals surface area (Å²) in [5, 5.41) is 11.8. The van der Waals surface area contributed by atoms with Crippen molar-refractivity contribution in [1.29, 1.82) is 5.26 Å². The molecule has 1 aromatic heterocycles. The summed E-state index contributed by atoms with van der Waals surface area (Å²) in [5.74, 6) is 0. The fourth-order valence-corrected chi connectivity index (χ4v) is 1.46. The molecule has 0 bridgehead atoms. The summed E-state index contributed by atoms with van der Waals surface area (Å²) < 4.78 is 38.6. The fourth-order valence-electron chi connectivity index (χ4n) is 1.46. The first-order valence-electron chi connectivity index (χ1n) is 4.42. The summed E-state index contributed by atoms with van der Waals surface area (Å²) in [7, 11) is 0. The first kappa shape index (κ1) is 11.6. The average molecular weight is 217 g/mol. The van der Waals surface area contributed by atoms with E-state index in [-0.39, 0.29) is 18.5 Å². The molecule has 1 rings (SSSR count). The van der Waals surface area contributed by atoms with Crippen molar-refractivity contribution < 1.29 is 13.2 Å². The van der Waals surface area contributed by atoms with Crippen LogP contribution in [0.15, 0.2) is 0 Å². The Bertz CT molecular complexity index is 398. The van der Waals surface area contributed by atoms with Crippen molar-refractivity contribution in [3.05, 3.63) is 17.0 Å². The van der Waals surface area contributed by atoms with Gasteiger partial charge in [0.25, 0.3) is 0 Å². The number of nitriles is 1. The molecule has 3 nitrogen and oxygen atoms in total. The standard InChI is InChI=1S/C9H10F3N3/c1-3-7-6(2)15(5-4-13)14-8(7)9(10,11)12/h3,5H2,1-2H3. The van der Waals surface area contributed by atoms with E-state index in [0.717, 1.165) is 4.68 Å². The minimum Gasteiger partial charge on any atom is -0.255 e. The Morgan fingerprint density at radius 3 is 2.40 bits per heavy atom. The Morgan fingerprint density at radius 1 is 1.47 bits per heavy atom. The van der Waals surface area contributed by atoms with Crippen LogP contribution in [-0.4, -0.2) is 9.78 Å². The summed E-state index contributed by atoms with van der Waals surface area (Å²) >= 11 is 0. The molecule has 0 N–H and O–H groups in total. The Kier molecular flexibility index (Phi) is 3.03. The molecule has 0 unspecified atom stereocenters. The Morgan fingerprint density at radius 2 is 2.07 bits per heavy atom. The van der Waals surface area contributed by atoms with Crippen LogP contribution in [0.25, 0.3) is 0 Å². The van der Waals surface area contributed by atoms with Crippen molar-refractivity contribution in [3.8, 4) is 6.07 Å². The number of hydrogen-bond acceptors (Lipinski definition) is 2. The first-order chi connectivity index (χ1) is 6.91. The summed E-state index contributed by atoms with van der Waals surface area (Å²) in [4.78, 5) is 0. The zero-order valence-electron chi connectivity index (χ0n) is 8.39. The van der Waals surface area contributed by atoms with Gasteiger partial charge in [0.2, 0.25) is 0 Å². The van der Waals surface area contributed by atoms with Crippen LogP contribution in [0.1, 0.15) is 23.9 Å². The van der Waals surface area contributed by atoms with Gasteiger partial charge >= 0.3 is 6.18 Å². The van der Waals surface area contributed by atoms with Crippen LogP contribution < -0.4 is 0 Å². The molecule has 0 aliphatic carbocycles. The molecule has 0 aromatic carbocycles. The van der Waals surface area contributed by atoms with Crippen LogP contribution >= 0.6 is 0 Å². The van der Waals surface area contributed by atoms with Gasteiger partial charge in [0, 0.05) is 11.3 Å². The Balaban J connectivity index is 3.29. The van der Waals surface area contributed by atoms with E-state index >= 15 is 0 Å². The van der Waals surface area contributed by atoms with E-state index in [9.17, 15) is 13.2 Å². The summed E-state index contributed by atoms with van der Waals surface area (Å²) in [6, 6.07) is 1.77. The lowest BCUT2D eigenvalue weighted by molar-refractivity contribution is -0.142. The SMILES string of the molecule is CCc1c(C(F)(F)F)nn(CC#N)c1C. The predicted octanol–water partition coefficient (Wildman–Crippen LogP) is 2.30. The van der Waals surface area contributed by atoms with Crippen molar-refractivity contribution in [3.63, 3.8) is 0 Å². The van der Waals surface area contributed by atoms with E-state index in [0.29, 0.717) is 5.69 Å². The molecule has 82 valence electrons. The maximum absolute atomic E-state index is 12.5. The summed E-state index contributed by atoms with van der Waals surface area (Å²) in [6.45, 7) is 3.02. The summed E-state index contributed by atoms with van der Waals surface area (Å²) in [6.07, 6.45) is -4.19. The van der Waals surface area contributed by atoms with E-state index < -0.39 is 11.9 Å². The van der Waals surface area contributed by atoms with Gasteiger partial charge in [-0.2, -0.15) is 23.5 Å². The maximum Gasteiger partial charge on any atom is 0.435 e. The van der Waals surface area contributed by atoms with E-state index in [1.807, 2.05) is 0 Å². The summed E-state index contributed by atoms with van der Waals surface area (Å²) in [5.41, 5.74) is -0.304. The lowest BCUT2D eigenvalue weighted by Crippen LogP contribution is -2.09. The second kappa shape index (κ2) is 3.93. The lowest BCUT2D eigenvalue weighted by atomic mass is 10.1. The largest absolute Gasteiger partial charge is 0.435 e. The van der Waals surface area contributed by atoms with Gasteiger partial charge in [0.05, 0.1) is 6.07 Å². The molecule has 1 aromatic rings. The second-order valence-electron chi connectivity index (χ2n) is 3.08. The number of hydrogen-bond donors (Lipinski definition) is 0. The number of aromatic nitrogens is 2. The molecule has 0 saturated carbocycles. The van der Waals surface area contributed by atoms with Gasteiger partial charge in [0.1, 0.15) is 6.54 Å². The second-order valence-corrected chi connectivity index (χ2v) is 3.08. The smallest absolute Gasteiger partial charge is 0.255 e. The molecule has 0 spiro atoms. The van der Waals surface area contributed by atoms with Gasteiger partial charge in [-0.25, -0.2) is 0 Å². The van der Waals surface area contributed by atoms with Gasteiger partial charge in [0.15, 0.2) is 5.69 Å². The molecule has 6 heteroatoms. The number of nitrogens with zero attached hydrogens (tertiary/aromatic N) is 3. The minimum absolute atomic E-state index is 0.158. The minimum atomic E-state index is -4.45. The van der Waals surface area contributed by atoms with Crippen LogP contribution in [0, 0.1) is 18.3 Å². The van der Waals surface area contributed by atoms with Crippen LogP contribution in [0.3, 0.4) is 0 Å².